The molecule has 2 aliphatic rings. The van der Waals surface area contributed by atoms with E-state index in [4.69, 9.17) is 14.2 Å². The number of hydrogen-bond acceptors (Lipinski definition) is 6. The van der Waals surface area contributed by atoms with Crippen molar-refractivity contribution in [2.75, 3.05) is 0 Å². The minimum atomic E-state index is -1.40. The van der Waals surface area contributed by atoms with E-state index in [1.54, 1.807) is 13.8 Å². The van der Waals surface area contributed by atoms with Crippen LogP contribution in [0.3, 0.4) is 0 Å². The van der Waals surface area contributed by atoms with E-state index in [0.29, 0.717) is 19.3 Å². The molecule has 3 atom stereocenters. The Hall–Kier alpha value is -1.59. The van der Waals surface area contributed by atoms with Crippen LogP contribution in [0.25, 0.3) is 0 Å². The fraction of sp³-hybridized carbons (Fsp3) is 0.842. The standard InChI is InChI=1S/C19H30O6/c1-17(2,3)18(4,5)15(21)25-19(6,7)16(22)24-12-9-8-11-10-13(12)23-14(11)20/h11-13H,8-10H2,1-7H3. The van der Waals surface area contributed by atoms with Crippen molar-refractivity contribution in [2.24, 2.45) is 16.7 Å². The summed E-state index contributed by atoms with van der Waals surface area (Å²) in [4.78, 5) is 36.8. The molecule has 1 aliphatic heterocycles. The molecule has 6 heteroatoms. The maximum absolute atomic E-state index is 12.6. The van der Waals surface area contributed by atoms with Gasteiger partial charge in [-0.2, -0.15) is 0 Å². The molecule has 1 saturated carbocycles. The van der Waals surface area contributed by atoms with Crippen LogP contribution >= 0.6 is 0 Å². The molecule has 0 aromatic rings. The van der Waals surface area contributed by atoms with Crippen LogP contribution in [0.1, 0.15) is 67.7 Å². The van der Waals surface area contributed by atoms with Crippen molar-refractivity contribution in [2.45, 2.75) is 85.5 Å². The molecule has 1 aliphatic carbocycles. The van der Waals surface area contributed by atoms with Gasteiger partial charge < -0.3 is 14.2 Å². The highest BCUT2D eigenvalue weighted by Crippen LogP contribution is 2.40. The molecule has 2 fully saturated rings. The fourth-order valence-electron chi connectivity index (χ4n) is 2.81. The highest BCUT2D eigenvalue weighted by atomic mass is 16.6. The first kappa shape index (κ1) is 19.7. The highest BCUT2D eigenvalue weighted by Gasteiger charge is 2.48. The third kappa shape index (κ3) is 3.82. The zero-order valence-corrected chi connectivity index (χ0v) is 16.3. The van der Waals surface area contributed by atoms with E-state index in [1.807, 2.05) is 20.8 Å². The fourth-order valence-corrected chi connectivity index (χ4v) is 2.81. The van der Waals surface area contributed by atoms with Crippen molar-refractivity contribution in [1.29, 1.82) is 0 Å². The summed E-state index contributed by atoms with van der Waals surface area (Å²) >= 11 is 0. The Morgan fingerprint density at radius 2 is 1.60 bits per heavy atom. The first-order chi connectivity index (χ1) is 11.3. The first-order valence-electron chi connectivity index (χ1n) is 8.91. The molecule has 0 spiro atoms. The summed E-state index contributed by atoms with van der Waals surface area (Å²) in [7, 11) is 0. The van der Waals surface area contributed by atoms with E-state index < -0.39 is 29.1 Å². The number of carbonyl (C=O) groups is 3. The molecule has 1 saturated heterocycles. The smallest absolute Gasteiger partial charge is 0.350 e. The summed E-state index contributed by atoms with van der Waals surface area (Å²) in [5.74, 6) is -1.34. The number of rotatable bonds is 4. The van der Waals surface area contributed by atoms with Gasteiger partial charge in [0.25, 0.3) is 0 Å². The first-order valence-corrected chi connectivity index (χ1v) is 8.91. The molecule has 2 rings (SSSR count). The molecular formula is C19H30O6. The van der Waals surface area contributed by atoms with Crippen molar-refractivity contribution in [3.8, 4) is 0 Å². The molecule has 3 unspecified atom stereocenters. The SMILES string of the molecule is CC(C)(OC(=O)C(C)(C)C(C)(C)C)C(=O)OC1CCC2CC1OC2=O. The van der Waals surface area contributed by atoms with Crippen LogP contribution in [0.4, 0.5) is 0 Å². The van der Waals surface area contributed by atoms with Crippen LogP contribution in [-0.4, -0.2) is 35.7 Å². The lowest BCUT2D eigenvalue weighted by Crippen LogP contribution is -2.48. The molecule has 0 aromatic heterocycles. The number of ether oxygens (including phenoxy) is 3. The van der Waals surface area contributed by atoms with E-state index >= 15 is 0 Å². The number of carbonyl (C=O) groups excluding carboxylic acids is 3. The Bertz CT molecular complexity index is 569. The number of esters is 3. The molecule has 0 aromatic carbocycles. The maximum Gasteiger partial charge on any atom is 0.350 e. The Morgan fingerprint density at radius 3 is 2.16 bits per heavy atom. The summed E-state index contributed by atoms with van der Waals surface area (Å²) < 4.78 is 16.3. The zero-order chi connectivity index (χ0) is 19.2. The van der Waals surface area contributed by atoms with Crippen molar-refractivity contribution in [3.63, 3.8) is 0 Å². The minimum Gasteiger partial charge on any atom is -0.458 e. The van der Waals surface area contributed by atoms with Gasteiger partial charge in [0.1, 0.15) is 12.2 Å². The van der Waals surface area contributed by atoms with Gasteiger partial charge in [-0.15, -0.1) is 0 Å². The molecule has 2 bridgehead atoms. The molecular weight excluding hydrogens is 324 g/mol. The van der Waals surface area contributed by atoms with E-state index in [-0.39, 0.29) is 23.4 Å². The average Bonchev–Trinajstić information content (AvgIpc) is 2.76. The van der Waals surface area contributed by atoms with Gasteiger partial charge in [-0.1, -0.05) is 20.8 Å². The van der Waals surface area contributed by atoms with Gasteiger partial charge in [-0.3, -0.25) is 9.59 Å². The normalized spacial score (nSPS) is 26.8. The summed E-state index contributed by atoms with van der Waals surface area (Å²) in [6.07, 6.45) is 0.986. The lowest BCUT2D eigenvalue weighted by atomic mass is 9.69. The van der Waals surface area contributed by atoms with E-state index in [9.17, 15) is 14.4 Å². The van der Waals surface area contributed by atoms with Gasteiger partial charge in [-0.25, -0.2) is 4.79 Å². The second kappa shape index (κ2) is 6.29. The zero-order valence-electron chi connectivity index (χ0n) is 16.3. The Labute approximate surface area is 149 Å². The average molecular weight is 354 g/mol. The second-order valence-corrected chi connectivity index (χ2v) is 9.20. The van der Waals surface area contributed by atoms with Crippen molar-refractivity contribution < 1.29 is 28.6 Å². The summed E-state index contributed by atoms with van der Waals surface area (Å²) in [6, 6.07) is 0. The monoisotopic (exact) mass is 354 g/mol. The van der Waals surface area contributed by atoms with E-state index in [2.05, 4.69) is 0 Å². The van der Waals surface area contributed by atoms with Gasteiger partial charge in [-0.05, 0) is 46.0 Å². The van der Waals surface area contributed by atoms with Crippen LogP contribution in [0.2, 0.25) is 0 Å². The molecule has 25 heavy (non-hydrogen) atoms. The Kier molecular flexibility index (Phi) is 4.96. The van der Waals surface area contributed by atoms with Crippen LogP contribution in [-0.2, 0) is 28.6 Å². The predicted molar refractivity (Wildman–Crippen MR) is 90.5 cm³/mol. The summed E-state index contributed by atoms with van der Waals surface area (Å²) in [6.45, 7) is 12.5. The Morgan fingerprint density at radius 1 is 1.00 bits per heavy atom. The number of fused-ring (bicyclic) bond motifs is 2. The van der Waals surface area contributed by atoms with Crippen molar-refractivity contribution in [3.05, 3.63) is 0 Å². The van der Waals surface area contributed by atoms with Gasteiger partial charge in [0, 0.05) is 6.42 Å². The molecule has 0 N–H and O–H groups in total. The van der Waals surface area contributed by atoms with Crippen LogP contribution < -0.4 is 0 Å². The summed E-state index contributed by atoms with van der Waals surface area (Å²) in [5, 5.41) is 0. The Balaban J connectivity index is 2.00. The van der Waals surface area contributed by atoms with Crippen molar-refractivity contribution in [1.82, 2.24) is 0 Å². The highest BCUT2D eigenvalue weighted by molar-refractivity contribution is 5.85. The quantitative estimate of drug-likeness (QED) is 0.570. The minimum absolute atomic E-state index is 0.0709. The maximum atomic E-state index is 12.6. The van der Waals surface area contributed by atoms with Crippen LogP contribution in [0.5, 0.6) is 0 Å². The van der Waals surface area contributed by atoms with Crippen molar-refractivity contribution >= 4 is 17.9 Å². The molecule has 0 radical (unpaired) electrons. The molecule has 6 nitrogen and oxygen atoms in total. The predicted octanol–water partition coefficient (Wildman–Crippen LogP) is 3.02. The number of hydrogen-bond donors (Lipinski definition) is 0. The lowest BCUT2D eigenvalue weighted by molar-refractivity contribution is -0.194. The van der Waals surface area contributed by atoms with E-state index in [1.165, 1.54) is 13.8 Å². The van der Waals surface area contributed by atoms with Crippen LogP contribution in [0.15, 0.2) is 0 Å². The van der Waals surface area contributed by atoms with Gasteiger partial charge in [0.15, 0.2) is 0 Å². The third-order valence-corrected chi connectivity index (χ3v) is 5.82. The lowest BCUT2D eigenvalue weighted by Gasteiger charge is -2.38. The third-order valence-electron chi connectivity index (χ3n) is 5.82. The van der Waals surface area contributed by atoms with Gasteiger partial charge >= 0.3 is 17.9 Å². The molecule has 1 heterocycles. The molecule has 0 amide bonds. The molecule has 142 valence electrons. The topological polar surface area (TPSA) is 78.9 Å². The summed E-state index contributed by atoms with van der Waals surface area (Å²) in [5.41, 5.74) is -2.48. The second-order valence-electron chi connectivity index (χ2n) is 9.20. The van der Waals surface area contributed by atoms with Gasteiger partial charge in [0.2, 0.25) is 5.60 Å². The van der Waals surface area contributed by atoms with Crippen LogP contribution in [0, 0.1) is 16.7 Å². The van der Waals surface area contributed by atoms with E-state index in [0.717, 1.165) is 0 Å². The largest absolute Gasteiger partial charge is 0.458 e. The van der Waals surface area contributed by atoms with Gasteiger partial charge in [0.05, 0.1) is 11.3 Å².